The van der Waals surface area contributed by atoms with Crippen LogP contribution < -0.4 is 9.62 Å². The third kappa shape index (κ3) is 4.94. The van der Waals surface area contributed by atoms with E-state index in [4.69, 9.17) is 0 Å². The molecule has 9 heteroatoms. The molecule has 0 aliphatic carbocycles. The van der Waals surface area contributed by atoms with Crippen LogP contribution in [0, 0.1) is 0 Å². The summed E-state index contributed by atoms with van der Waals surface area (Å²) in [6.07, 6.45) is 4.61. The number of piperazine rings is 1. The Morgan fingerprint density at radius 3 is 2.57 bits per heavy atom. The van der Waals surface area contributed by atoms with E-state index >= 15 is 0 Å². The van der Waals surface area contributed by atoms with Gasteiger partial charge in [0.2, 0.25) is 15.9 Å². The van der Waals surface area contributed by atoms with Gasteiger partial charge in [-0.1, -0.05) is 0 Å². The summed E-state index contributed by atoms with van der Waals surface area (Å²) >= 11 is 0. The molecular formula is C12H19N5O3S. The van der Waals surface area contributed by atoms with Crippen molar-refractivity contribution < 1.29 is 13.2 Å². The second-order valence-electron chi connectivity index (χ2n) is 4.88. The largest absolute Gasteiger partial charge is 0.367 e. The first-order chi connectivity index (χ1) is 9.96. The maximum atomic E-state index is 12.0. The van der Waals surface area contributed by atoms with Crippen molar-refractivity contribution >= 4 is 21.6 Å². The lowest BCUT2D eigenvalue weighted by Gasteiger charge is -2.35. The van der Waals surface area contributed by atoms with E-state index in [1.165, 1.54) is 0 Å². The van der Waals surface area contributed by atoms with Gasteiger partial charge in [-0.3, -0.25) is 4.79 Å². The molecule has 0 spiro atoms. The molecule has 1 aromatic heterocycles. The first kappa shape index (κ1) is 15.6. The molecule has 0 aromatic carbocycles. The van der Waals surface area contributed by atoms with E-state index in [1.807, 2.05) is 6.07 Å². The molecule has 0 atom stereocenters. The van der Waals surface area contributed by atoms with Crippen molar-refractivity contribution in [3.05, 3.63) is 18.5 Å². The van der Waals surface area contributed by atoms with Gasteiger partial charge in [-0.15, -0.1) is 0 Å². The molecule has 0 unspecified atom stereocenters. The van der Waals surface area contributed by atoms with E-state index in [0.29, 0.717) is 13.1 Å². The maximum absolute atomic E-state index is 12.0. The SMILES string of the molecule is CS(=O)(=O)NCCC(=O)N1CCN(c2ccnnc2)CC1. The van der Waals surface area contributed by atoms with Crippen molar-refractivity contribution in [2.75, 3.05) is 43.9 Å². The Kier molecular flexibility index (Phi) is 5.07. The van der Waals surface area contributed by atoms with E-state index < -0.39 is 10.0 Å². The third-order valence-corrected chi connectivity index (χ3v) is 4.00. The number of sulfonamides is 1. The van der Waals surface area contributed by atoms with E-state index in [0.717, 1.165) is 25.0 Å². The van der Waals surface area contributed by atoms with Crippen molar-refractivity contribution in [3.8, 4) is 0 Å². The lowest BCUT2D eigenvalue weighted by Crippen LogP contribution is -2.49. The highest BCUT2D eigenvalue weighted by molar-refractivity contribution is 7.88. The molecule has 1 saturated heterocycles. The van der Waals surface area contributed by atoms with Crippen LogP contribution in [0.4, 0.5) is 5.69 Å². The summed E-state index contributed by atoms with van der Waals surface area (Å²) in [6.45, 7) is 2.86. The minimum Gasteiger partial charge on any atom is -0.367 e. The summed E-state index contributed by atoms with van der Waals surface area (Å²) in [5, 5.41) is 7.58. The Balaban J connectivity index is 1.77. The van der Waals surface area contributed by atoms with E-state index in [9.17, 15) is 13.2 Å². The standard InChI is InChI=1S/C12H19N5O3S/c1-21(19,20)15-5-3-12(18)17-8-6-16(7-9-17)11-2-4-13-14-10-11/h2,4,10,15H,3,5-9H2,1H3. The van der Waals surface area contributed by atoms with Crippen molar-refractivity contribution in [1.29, 1.82) is 0 Å². The molecule has 1 fully saturated rings. The lowest BCUT2D eigenvalue weighted by molar-refractivity contribution is -0.131. The molecule has 2 rings (SSSR count). The molecule has 1 aliphatic heterocycles. The topological polar surface area (TPSA) is 95.5 Å². The van der Waals surface area contributed by atoms with Crippen LogP contribution in [0.2, 0.25) is 0 Å². The summed E-state index contributed by atoms with van der Waals surface area (Å²) < 4.78 is 24.2. The fourth-order valence-electron chi connectivity index (χ4n) is 2.19. The van der Waals surface area contributed by atoms with Crippen molar-refractivity contribution in [2.45, 2.75) is 6.42 Å². The van der Waals surface area contributed by atoms with E-state index in [2.05, 4.69) is 19.8 Å². The molecule has 2 heterocycles. The van der Waals surface area contributed by atoms with Crippen LogP contribution in [0.3, 0.4) is 0 Å². The molecule has 1 N–H and O–H groups in total. The summed E-state index contributed by atoms with van der Waals surface area (Å²) in [7, 11) is -3.24. The van der Waals surface area contributed by atoms with Gasteiger partial charge in [0.05, 0.1) is 24.3 Å². The quantitative estimate of drug-likeness (QED) is 0.754. The summed E-state index contributed by atoms with van der Waals surface area (Å²) in [5.41, 5.74) is 0.996. The Morgan fingerprint density at radius 2 is 2.00 bits per heavy atom. The van der Waals surface area contributed by atoms with Gasteiger partial charge in [0.1, 0.15) is 0 Å². The normalized spacial score (nSPS) is 16.0. The van der Waals surface area contributed by atoms with Gasteiger partial charge in [0.15, 0.2) is 0 Å². The molecule has 116 valence electrons. The molecule has 1 aliphatic rings. The molecule has 0 bridgehead atoms. The number of amides is 1. The molecule has 21 heavy (non-hydrogen) atoms. The third-order valence-electron chi connectivity index (χ3n) is 3.27. The number of carbonyl (C=O) groups excluding carboxylic acids is 1. The number of nitrogens with zero attached hydrogens (tertiary/aromatic N) is 4. The minimum atomic E-state index is -3.24. The van der Waals surface area contributed by atoms with Gasteiger partial charge >= 0.3 is 0 Å². The number of carbonyl (C=O) groups is 1. The first-order valence-electron chi connectivity index (χ1n) is 6.70. The highest BCUT2D eigenvalue weighted by Gasteiger charge is 2.21. The van der Waals surface area contributed by atoms with Crippen molar-refractivity contribution in [3.63, 3.8) is 0 Å². The monoisotopic (exact) mass is 313 g/mol. The fourth-order valence-corrected chi connectivity index (χ4v) is 2.66. The first-order valence-corrected chi connectivity index (χ1v) is 8.59. The number of nitrogens with one attached hydrogen (secondary N) is 1. The highest BCUT2D eigenvalue weighted by atomic mass is 32.2. The predicted molar refractivity (Wildman–Crippen MR) is 78.3 cm³/mol. The zero-order chi connectivity index (χ0) is 15.3. The fraction of sp³-hybridized carbons (Fsp3) is 0.583. The summed E-state index contributed by atoms with van der Waals surface area (Å²) in [4.78, 5) is 15.9. The summed E-state index contributed by atoms with van der Waals surface area (Å²) in [5.74, 6) is -0.0290. The van der Waals surface area contributed by atoms with Crippen LogP contribution in [-0.2, 0) is 14.8 Å². The van der Waals surface area contributed by atoms with Crippen LogP contribution in [0.25, 0.3) is 0 Å². The lowest BCUT2D eigenvalue weighted by atomic mass is 10.2. The zero-order valence-electron chi connectivity index (χ0n) is 11.9. The molecular weight excluding hydrogens is 294 g/mol. The Hall–Kier alpha value is -1.74. The highest BCUT2D eigenvalue weighted by Crippen LogP contribution is 2.14. The molecule has 8 nitrogen and oxygen atoms in total. The van der Waals surface area contributed by atoms with Crippen LogP contribution in [0.5, 0.6) is 0 Å². The number of anilines is 1. The Bertz CT molecular complexity index is 570. The Labute approximate surface area is 124 Å². The van der Waals surface area contributed by atoms with E-state index in [1.54, 1.807) is 17.3 Å². The predicted octanol–water partition coefficient (Wildman–Crippen LogP) is -0.935. The van der Waals surface area contributed by atoms with Crippen LogP contribution >= 0.6 is 0 Å². The molecule has 1 amide bonds. The van der Waals surface area contributed by atoms with Gasteiger partial charge in [0, 0.05) is 39.1 Å². The maximum Gasteiger partial charge on any atom is 0.224 e. The van der Waals surface area contributed by atoms with Gasteiger partial charge < -0.3 is 9.80 Å². The average molecular weight is 313 g/mol. The van der Waals surface area contributed by atoms with Crippen LogP contribution in [0.1, 0.15) is 6.42 Å². The number of aromatic nitrogens is 2. The van der Waals surface area contributed by atoms with Crippen LogP contribution in [-0.4, -0.2) is 68.4 Å². The molecule has 0 saturated carbocycles. The smallest absolute Gasteiger partial charge is 0.224 e. The summed E-state index contributed by atoms with van der Waals surface area (Å²) in [6, 6.07) is 1.89. The number of hydrogen-bond acceptors (Lipinski definition) is 6. The van der Waals surface area contributed by atoms with Crippen molar-refractivity contribution in [1.82, 2.24) is 19.8 Å². The van der Waals surface area contributed by atoms with Crippen LogP contribution in [0.15, 0.2) is 18.5 Å². The van der Waals surface area contributed by atoms with E-state index in [-0.39, 0.29) is 18.9 Å². The second-order valence-corrected chi connectivity index (χ2v) is 6.72. The van der Waals surface area contributed by atoms with Gasteiger partial charge in [-0.25, -0.2) is 13.1 Å². The van der Waals surface area contributed by atoms with Gasteiger partial charge in [-0.05, 0) is 6.07 Å². The molecule has 0 radical (unpaired) electrons. The second kappa shape index (κ2) is 6.81. The van der Waals surface area contributed by atoms with Gasteiger partial charge in [0.25, 0.3) is 0 Å². The van der Waals surface area contributed by atoms with Gasteiger partial charge in [-0.2, -0.15) is 10.2 Å². The minimum absolute atomic E-state index is 0.0290. The zero-order valence-corrected chi connectivity index (χ0v) is 12.7. The number of hydrogen-bond donors (Lipinski definition) is 1. The Morgan fingerprint density at radius 1 is 1.29 bits per heavy atom. The van der Waals surface area contributed by atoms with Crippen molar-refractivity contribution in [2.24, 2.45) is 0 Å². The number of rotatable bonds is 5. The molecule has 1 aromatic rings. The average Bonchev–Trinajstić information content (AvgIpc) is 2.47.